The third-order valence-corrected chi connectivity index (χ3v) is 5.20. The van der Waals surface area contributed by atoms with E-state index in [2.05, 4.69) is 0 Å². The van der Waals surface area contributed by atoms with Crippen molar-refractivity contribution in [2.75, 3.05) is 13.2 Å². The van der Waals surface area contributed by atoms with Crippen LogP contribution in [0.3, 0.4) is 0 Å². The first kappa shape index (κ1) is 20.8. The first-order valence-electron chi connectivity index (χ1n) is 10.2. The average molecular weight is 424 g/mol. The van der Waals surface area contributed by atoms with Gasteiger partial charge in [-0.05, 0) is 60.4 Å². The van der Waals surface area contributed by atoms with Crippen molar-refractivity contribution in [3.63, 3.8) is 0 Å². The first-order valence-corrected chi connectivity index (χ1v) is 10.2. The molecular weight excluding hydrogens is 402 g/mol. The molecular formula is C25H22F2O4. The van der Waals surface area contributed by atoms with E-state index >= 15 is 0 Å². The van der Waals surface area contributed by atoms with Gasteiger partial charge in [0.15, 0.2) is 11.5 Å². The van der Waals surface area contributed by atoms with Gasteiger partial charge in [-0.3, -0.25) is 0 Å². The van der Waals surface area contributed by atoms with Crippen LogP contribution in [-0.2, 0) is 9.53 Å². The number of para-hydroxylation sites is 2. The largest absolute Gasteiger partial charge is 0.485 e. The standard InChI is InChI=1S/C25H22F2O4/c26-19-11-7-17(8-12-19)21(18-9-13-20(27)14-10-18)4-3-15-29-25(28)24-16-30-22-5-1-2-6-23(22)31-24/h1-2,5-14,21,24H,3-4,15-16H2. The van der Waals surface area contributed by atoms with E-state index in [0.29, 0.717) is 24.3 Å². The van der Waals surface area contributed by atoms with E-state index in [9.17, 15) is 13.6 Å². The predicted octanol–water partition coefficient (Wildman–Crippen LogP) is 5.26. The summed E-state index contributed by atoms with van der Waals surface area (Å²) in [4.78, 5) is 12.4. The monoisotopic (exact) mass is 424 g/mol. The second-order valence-corrected chi connectivity index (χ2v) is 7.33. The Bertz CT molecular complexity index is 973. The number of rotatable bonds is 7. The van der Waals surface area contributed by atoms with Gasteiger partial charge in [0.25, 0.3) is 0 Å². The molecule has 0 spiro atoms. The SMILES string of the molecule is O=C(OCCCC(c1ccc(F)cc1)c1ccc(F)cc1)C1COc2ccccc2O1. The van der Waals surface area contributed by atoms with Crippen molar-refractivity contribution in [1.82, 2.24) is 0 Å². The van der Waals surface area contributed by atoms with Crippen molar-refractivity contribution in [2.24, 2.45) is 0 Å². The topological polar surface area (TPSA) is 44.8 Å². The highest BCUT2D eigenvalue weighted by Gasteiger charge is 2.28. The van der Waals surface area contributed by atoms with Crippen LogP contribution < -0.4 is 9.47 Å². The summed E-state index contributed by atoms with van der Waals surface area (Å²) in [7, 11) is 0. The van der Waals surface area contributed by atoms with E-state index in [-0.39, 0.29) is 30.8 Å². The second-order valence-electron chi connectivity index (χ2n) is 7.33. The summed E-state index contributed by atoms with van der Waals surface area (Å²) in [5, 5.41) is 0. The number of halogens is 2. The summed E-state index contributed by atoms with van der Waals surface area (Å²) < 4.78 is 43.3. The van der Waals surface area contributed by atoms with Crippen molar-refractivity contribution in [1.29, 1.82) is 0 Å². The van der Waals surface area contributed by atoms with Crippen LogP contribution in [0.4, 0.5) is 8.78 Å². The van der Waals surface area contributed by atoms with Crippen LogP contribution in [0.5, 0.6) is 11.5 Å². The first-order chi connectivity index (χ1) is 15.1. The van der Waals surface area contributed by atoms with Gasteiger partial charge in [-0.25, -0.2) is 13.6 Å². The molecule has 4 nitrogen and oxygen atoms in total. The summed E-state index contributed by atoms with van der Waals surface area (Å²) in [6.45, 7) is 0.308. The maximum Gasteiger partial charge on any atom is 0.350 e. The Morgan fingerprint density at radius 2 is 1.48 bits per heavy atom. The van der Waals surface area contributed by atoms with Gasteiger partial charge in [0.2, 0.25) is 6.10 Å². The third kappa shape index (κ3) is 5.20. The highest BCUT2D eigenvalue weighted by molar-refractivity contribution is 5.76. The van der Waals surface area contributed by atoms with Crippen LogP contribution in [0, 0.1) is 11.6 Å². The lowest BCUT2D eigenvalue weighted by Crippen LogP contribution is -2.38. The van der Waals surface area contributed by atoms with Crippen molar-refractivity contribution < 1.29 is 27.8 Å². The molecule has 0 amide bonds. The minimum atomic E-state index is -0.806. The zero-order valence-electron chi connectivity index (χ0n) is 16.8. The molecule has 31 heavy (non-hydrogen) atoms. The molecule has 0 radical (unpaired) electrons. The summed E-state index contributed by atoms with van der Waals surface area (Å²) in [6.07, 6.45) is 0.421. The van der Waals surface area contributed by atoms with E-state index in [1.54, 1.807) is 42.5 Å². The highest BCUT2D eigenvalue weighted by atomic mass is 19.1. The maximum atomic E-state index is 13.3. The van der Waals surface area contributed by atoms with Gasteiger partial charge in [0.05, 0.1) is 6.61 Å². The molecule has 0 aliphatic carbocycles. The summed E-state index contributed by atoms with van der Waals surface area (Å²) in [5.41, 5.74) is 1.83. The van der Waals surface area contributed by atoms with Crippen LogP contribution in [-0.4, -0.2) is 25.3 Å². The fraction of sp³-hybridized carbons (Fsp3) is 0.240. The van der Waals surface area contributed by atoms with Gasteiger partial charge in [0.1, 0.15) is 18.2 Å². The smallest absolute Gasteiger partial charge is 0.350 e. The van der Waals surface area contributed by atoms with E-state index in [0.717, 1.165) is 11.1 Å². The fourth-order valence-corrected chi connectivity index (χ4v) is 3.60. The van der Waals surface area contributed by atoms with Gasteiger partial charge in [-0.15, -0.1) is 0 Å². The molecule has 1 atom stereocenters. The van der Waals surface area contributed by atoms with Crippen LogP contribution in [0.1, 0.15) is 29.9 Å². The van der Waals surface area contributed by atoms with E-state index in [1.165, 1.54) is 24.3 Å². The summed E-state index contributed by atoms with van der Waals surface area (Å²) >= 11 is 0. The van der Waals surface area contributed by atoms with E-state index in [4.69, 9.17) is 14.2 Å². The zero-order chi connectivity index (χ0) is 21.6. The minimum Gasteiger partial charge on any atom is -0.485 e. The quantitative estimate of drug-likeness (QED) is 0.383. The molecule has 0 bridgehead atoms. The second kappa shape index (κ2) is 9.60. The number of fused-ring (bicyclic) bond motifs is 1. The molecule has 0 N–H and O–H groups in total. The number of esters is 1. The van der Waals surface area contributed by atoms with Crippen LogP contribution >= 0.6 is 0 Å². The number of benzene rings is 3. The minimum absolute atomic E-state index is 0.0685. The molecule has 0 aromatic heterocycles. The van der Waals surface area contributed by atoms with Crippen LogP contribution in [0.25, 0.3) is 0 Å². The Kier molecular flexibility index (Phi) is 6.46. The Hall–Kier alpha value is -3.41. The molecule has 4 rings (SSSR count). The zero-order valence-corrected chi connectivity index (χ0v) is 16.8. The van der Waals surface area contributed by atoms with Gasteiger partial charge in [-0.2, -0.15) is 0 Å². The number of carbonyl (C=O) groups excluding carboxylic acids is 1. The normalized spacial score (nSPS) is 15.0. The molecule has 0 saturated carbocycles. The Balaban J connectivity index is 1.34. The van der Waals surface area contributed by atoms with Gasteiger partial charge >= 0.3 is 5.97 Å². The molecule has 6 heteroatoms. The van der Waals surface area contributed by atoms with Gasteiger partial charge in [-0.1, -0.05) is 36.4 Å². The summed E-state index contributed by atoms with van der Waals surface area (Å²) in [6, 6.07) is 19.7. The number of carbonyl (C=O) groups is 1. The van der Waals surface area contributed by atoms with Crippen LogP contribution in [0.15, 0.2) is 72.8 Å². The molecule has 1 unspecified atom stereocenters. The Morgan fingerprint density at radius 1 is 0.903 bits per heavy atom. The van der Waals surface area contributed by atoms with Crippen molar-refractivity contribution in [3.05, 3.63) is 95.6 Å². The van der Waals surface area contributed by atoms with E-state index < -0.39 is 12.1 Å². The fourth-order valence-electron chi connectivity index (χ4n) is 3.60. The van der Waals surface area contributed by atoms with Crippen molar-refractivity contribution in [3.8, 4) is 11.5 Å². The molecule has 0 saturated heterocycles. The van der Waals surface area contributed by atoms with Crippen LogP contribution in [0.2, 0.25) is 0 Å². The van der Waals surface area contributed by atoms with Gasteiger partial charge < -0.3 is 14.2 Å². The molecule has 0 fully saturated rings. The Labute approximate surface area is 179 Å². The molecule has 3 aromatic carbocycles. The highest BCUT2D eigenvalue weighted by Crippen LogP contribution is 2.32. The van der Waals surface area contributed by atoms with Gasteiger partial charge in [0, 0.05) is 5.92 Å². The van der Waals surface area contributed by atoms with E-state index in [1.807, 2.05) is 6.07 Å². The lowest BCUT2D eigenvalue weighted by molar-refractivity contribution is -0.154. The Morgan fingerprint density at radius 3 is 2.10 bits per heavy atom. The third-order valence-electron chi connectivity index (χ3n) is 5.20. The molecule has 160 valence electrons. The molecule has 3 aromatic rings. The molecule has 1 aliphatic rings. The average Bonchev–Trinajstić information content (AvgIpc) is 2.80. The number of ether oxygens (including phenoxy) is 3. The lowest BCUT2D eigenvalue weighted by atomic mass is 9.87. The number of hydrogen-bond donors (Lipinski definition) is 0. The number of hydrogen-bond acceptors (Lipinski definition) is 4. The molecule has 1 aliphatic heterocycles. The molecule has 1 heterocycles. The summed E-state index contributed by atoms with van der Waals surface area (Å²) in [5.74, 6) is -0.0503. The lowest BCUT2D eigenvalue weighted by Gasteiger charge is -2.25. The predicted molar refractivity (Wildman–Crippen MR) is 111 cm³/mol. The maximum absolute atomic E-state index is 13.3. The van der Waals surface area contributed by atoms with Crippen molar-refractivity contribution >= 4 is 5.97 Å². The van der Waals surface area contributed by atoms with Crippen molar-refractivity contribution in [2.45, 2.75) is 24.9 Å².